The van der Waals surface area contributed by atoms with Gasteiger partial charge >= 0.3 is 0 Å². The molecule has 0 N–H and O–H groups in total. The number of nitrogens with zero attached hydrogens (tertiary/aromatic N) is 2. The number of halogens is 1. The second-order valence-corrected chi connectivity index (χ2v) is 7.50. The molecule has 4 nitrogen and oxygen atoms in total. The quantitative estimate of drug-likeness (QED) is 0.559. The molecule has 3 aromatic carbocycles. The van der Waals surface area contributed by atoms with E-state index in [9.17, 15) is 9.32 Å². The molecule has 0 spiro atoms. The molecule has 4 rings (SSSR count). The fraction of sp³-hybridized carbons (Fsp3) is 0.200. The van der Waals surface area contributed by atoms with E-state index >= 15 is 0 Å². The van der Waals surface area contributed by atoms with Gasteiger partial charge in [0.2, 0.25) is 0 Å². The molecule has 0 unspecified atom stereocenters. The lowest BCUT2D eigenvalue weighted by atomic mass is 9.95. The lowest BCUT2D eigenvalue weighted by molar-refractivity contribution is -0.00766. The van der Waals surface area contributed by atoms with Crippen molar-refractivity contribution >= 4 is 11.6 Å². The van der Waals surface area contributed by atoms with Gasteiger partial charge in [0.15, 0.2) is 5.75 Å². The molecule has 0 saturated carbocycles. The minimum atomic E-state index is -0.254. The van der Waals surface area contributed by atoms with Crippen molar-refractivity contribution in [2.75, 3.05) is 7.05 Å². The van der Waals surface area contributed by atoms with Crippen molar-refractivity contribution in [2.24, 2.45) is 4.99 Å². The summed E-state index contributed by atoms with van der Waals surface area (Å²) in [6, 6.07) is 21.2. The van der Waals surface area contributed by atoms with Crippen LogP contribution in [0, 0.1) is 6.92 Å². The van der Waals surface area contributed by atoms with Crippen LogP contribution in [0.1, 0.15) is 38.2 Å². The Kier molecular flexibility index (Phi) is 5.61. The highest BCUT2D eigenvalue weighted by Gasteiger charge is 2.27. The van der Waals surface area contributed by atoms with Crippen LogP contribution in [0.4, 0.5) is 4.53 Å². The number of rotatable bonds is 5. The van der Waals surface area contributed by atoms with Gasteiger partial charge < -0.3 is 4.90 Å². The standard InChI is InChI=1S/C25H23FN2O2/c1-17-12-24(30-26)22(25(29)28-15-19-10-6-7-11-20(19)16-28)14-21(17)23(27-2)13-18-8-4-3-5-9-18/h3-12,14H,13,15-16H2,1-2H3. The van der Waals surface area contributed by atoms with E-state index in [-0.39, 0.29) is 17.2 Å². The van der Waals surface area contributed by atoms with Crippen LogP contribution in [0.2, 0.25) is 0 Å². The highest BCUT2D eigenvalue weighted by molar-refractivity contribution is 6.06. The van der Waals surface area contributed by atoms with Gasteiger partial charge in [0, 0.05) is 36.8 Å². The summed E-state index contributed by atoms with van der Waals surface area (Å²) in [5.74, 6) is -0.317. The summed E-state index contributed by atoms with van der Waals surface area (Å²) in [4.78, 5) is 23.5. The molecule has 30 heavy (non-hydrogen) atoms. The molecule has 0 radical (unpaired) electrons. The Balaban J connectivity index is 1.67. The maximum atomic E-state index is 13.3. The number of carbonyl (C=O) groups is 1. The first-order valence-corrected chi connectivity index (χ1v) is 9.90. The maximum absolute atomic E-state index is 13.3. The minimum absolute atomic E-state index is 0.0626. The Bertz CT molecular complexity index is 1080. The van der Waals surface area contributed by atoms with Crippen LogP contribution in [0.15, 0.2) is 71.7 Å². The van der Waals surface area contributed by atoms with Crippen molar-refractivity contribution in [3.63, 3.8) is 0 Å². The van der Waals surface area contributed by atoms with Gasteiger partial charge in [-0.15, -0.1) is 0 Å². The van der Waals surface area contributed by atoms with Crippen LogP contribution in [0.3, 0.4) is 0 Å². The van der Waals surface area contributed by atoms with Crippen LogP contribution < -0.4 is 4.94 Å². The van der Waals surface area contributed by atoms with E-state index in [2.05, 4.69) is 9.93 Å². The van der Waals surface area contributed by atoms with Gasteiger partial charge in [-0.05, 0) is 46.9 Å². The van der Waals surface area contributed by atoms with Gasteiger partial charge in [-0.2, -0.15) is 0 Å². The Labute approximate surface area is 175 Å². The van der Waals surface area contributed by atoms with Crippen LogP contribution in [0.5, 0.6) is 5.75 Å². The predicted octanol–water partition coefficient (Wildman–Crippen LogP) is 5.08. The zero-order valence-corrected chi connectivity index (χ0v) is 17.1. The third-order valence-electron chi connectivity index (χ3n) is 5.56. The van der Waals surface area contributed by atoms with Crippen LogP contribution in [-0.4, -0.2) is 23.6 Å². The van der Waals surface area contributed by atoms with Crippen LogP contribution in [-0.2, 0) is 19.5 Å². The predicted molar refractivity (Wildman–Crippen MR) is 116 cm³/mol. The van der Waals surface area contributed by atoms with Gasteiger partial charge in [0.1, 0.15) is 0 Å². The van der Waals surface area contributed by atoms with Crippen molar-refractivity contribution in [1.82, 2.24) is 4.90 Å². The molecule has 0 aliphatic carbocycles. The average molecular weight is 402 g/mol. The third-order valence-corrected chi connectivity index (χ3v) is 5.56. The number of hydrogen-bond donors (Lipinski definition) is 0. The summed E-state index contributed by atoms with van der Waals surface area (Å²) in [5, 5.41) is 0. The smallest absolute Gasteiger partial charge is 0.258 e. The number of aryl methyl sites for hydroxylation is 1. The molecule has 1 aliphatic heterocycles. The number of hydrogen-bond acceptors (Lipinski definition) is 3. The first-order valence-electron chi connectivity index (χ1n) is 9.90. The molecule has 0 saturated heterocycles. The van der Waals surface area contributed by atoms with Gasteiger partial charge in [0.05, 0.1) is 5.56 Å². The topological polar surface area (TPSA) is 41.9 Å². The van der Waals surface area contributed by atoms with E-state index < -0.39 is 0 Å². The summed E-state index contributed by atoms with van der Waals surface area (Å²) in [7, 11) is 1.73. The minimum Gasteiger partial charge on any atom is -0.330 e. The second kappa shape index (κ2) is 8.49. The maximum Gasteiger partial charge on any atom is 0.258 e. The fourth-order valence-corrected chi connectivity index (χ4v) is 3.95. The number of benzene rings is 3. The summed E-state index contributed by atoms with van der Waals surface area (Å²) < 4.78 is 13.3. The SMILES string of the molecule is CN=C(Cc1ccccc1)c1cc(C(=O)N2Cc3ccccc3C2)c(OF)cc1C. The van der Waals surface area contributed by atoms with Crippen LogP contribution >= 0.6 is 0 Å². The Hall–Kier alpha value is -3.47. The lowest BCUT2D eigenvalue weighted by Crippen LogP contribution is -2.26. The molecular formula is C25H23FN2O2. The van der Waals surface area contributed by atoms with Crippen molar-refractivity contribution in [3.8, 4) is 5.75 Å². The molecule has 1 amide bonds. The van der Waals surface area contributed by atoms with Crippen LogP contribution in [0.25, 0.3) is 0 Å². The van der Waals surface area contributed by atoms with E-state index in [1.807, 2.05) is 61.5 Å². The summed E-state index contributed by atoms with van der Waals surface area (Å²) in [6.45, 7) is 2.87. The molecule has 0 aromatic heterocycles. The average Bonchev–Trinajstić information content (AvgIpc) is 3.22. The largest absolute Gasteiger partial charge is 0.330 e. The van der Waals surface area contributed by atoms with E-state index in [0.717, 1.165) is 33.5 Å². The van der Waals surface area contributed by atoms with Gasteiger partial charge in [-0.1, -0.05) is 54.6 Å². The number of amides is 1. The summed E-state index contributed by atoms with van der Waals surface area (Å²) in [5.41, 5.74) is 6.01. The zero-order valence-electron chi connectivity index (χ0n) is 17.1. The highest BCUT2D eigenvalue weighted by atomic mass is 19.3. The lowest BCUT2D eigenvalue weighted by Gasteiger charge is -2.19. The molecular weight excluding hydrogens is 379 g/mol. The Morgan fingerprint density at radius 1 is 1.00 bits per heavy atom. The molecule has 5 heteroatoms. The molecule has 0 fully saturated rings. The molecule has 152 valence electrons. The van der Waals surface area contributed by atoms with Crippen molar-refractivity contribution in [2.45, 2.75) is 26.4 Å². The monoisotopic (exact) mass is 402 g/mol. The summed E-state index contributed by atoms with van der Waals surface area (Å²) in [6.07, 6.45) is 0.622. The van der Waals surface area contributed by atoms with Gasteiger partial charge in [-0.3, -0.25) is 14.7 Å². The third kappa shape index (κ3) is 3.83. The van der Waals surface area contributed by atoms with E-state index in [0.29, 0.717) is 19.5 Å². The zero-order chi connectivity index (χ0) is 21.1. The second-order valence-electron chi connectivity index (χ2n) is 7.50. The van der Waals surface area contributed by atoms with E-state index in [1.165, 1.54) is 0 Å². The number of fused-ring (bicyclic) bond motifs is 1. The molecule has 1 heterocycles. The van der Waals surface area contributed by atoms with E-state index in [4.69, 9.17) is 0 Å². The van der Waals surface area contributed by atoms with Gasteiger partial charge in [0.25, 0.3) is 5.91 Å². The number of carbonyl (C=O) groups excluding carboxylic acids is 1. The first kappa shape index (κ1) is 19.8. The normalized spacial score (nSPS) is 13.3. The van der Waals surface area contributed by atoms with Crippen molar-refractivity contribution in [3.05, 3.63) is 100 Å². The van der Waals surface area contributed by atoms with E-state index in [1.54, 1.807) is 24.1 Å². The Morgan fingerprint density at radius 2 is 1.63 bits per heavy atom. The highest BCUT2D eigenvalue weighted by Crippen LogP contribution is 2.30. The first-order chi connectivity index (χ1) is 14.6. The molecule has 0 atom stereocenters. The van der Waals surface area contributed by atoms with Gasteiger partial charge in [-0.25, -0.2) is 0 Å². The summed E-state index contributed by atoms with van der Waals surface area (Å²) >= 11 is 0. The van der Waals surface area contributed by atoms with Crippen molar-refractivity contribution in [1.29, 1.82) is 0 Å². The number of aliphatic imine (C=N–C) groups is 1. The molecule has 3 aromatic rings. The van der Waals surface area contributed by atoms with Crippen molar-refractivity contribution < 1.29 is 14.3 Å². The Morgan fingerprint density at radius 3 is 2.23 bits per heavy atom. The molecule has 0 bridgehead atoms. The molecule has 1 aliphatic rings. The fourth-order valence-electron chi connectivity index (χ4n) is 3.95.